The van der Waals surface area contributed by atoms with Crippen LogP contribution in [-0.2, 0) is 25.7 Å². The minimum atomic E-state index is -1.26. The van der Waals surface area contributed by atoms with Crippen molar-refractivity contribution < 1.29 is 38.9 Å². The summed E-state index contributed by atoms with van der Waals surface area (Å²) in [6.07, 6.45) is 4.30. The van der Waals surface area contributed by atoms with Crippen molar-refractivity contribution in [1.29, 1.82) is 0 Å². The summed E-state index contributed by atoms with van der Waals surface area (Å²) in [7, 11) is 1.59. The number of aromatic nitrogens is 1. The first kappa shape index (κ1) is 28.2. The summed E-state index contributed by atoms with van der Waals surface area (Å²) < 4.78 is 11.1. The van der Waals surface area contributed by atoms with Gasteiger partial charge in [-0.15, -0.1) is 11.8 Å². The number of para-hydroxylation sites is 2. The van der Waals surface area contributed by atoms with E-state index < -0.39 is 11.9 Å². The molecule has 2 heterocycles. The molecule has 12 heteroatoms. The number of hydrogen-bond acceptors (Lipinski definition) is 8. The second kappa shape index (κ2) is 15.0. The molecule has 1 aliphatic rings. The van der Waals surface area contributed by atoms with Gasteiger partial charge in [0.25, 0.3) is 0 Å². The molecule has 1 fully saturated rings. The van der Waals surface area contributed by atoms with Gasteiger partial charge >= 0.3 is 11.9 Å². The predicted molar refractivity (Wildman–Crippen MR) is 132 cm³/mol. The van der Waals surface area contributed by atoms with Gasteiger partial charge in [-0.25, -0.2) is 9.59 Å². The molecule has 3 rings (SSSR count). The summed E-state index contributed by atoms with van der Waals surface area (Å²) in [6, 6.07) is 11.1. The Morgan fingerprint density at radius 3 is 2.42 bits per heavy atom. The van der Waals surface area contributed by atoms with Crippen LogP contribution in [0.25, 0.3) is 0 Å². The van der Waals surface area contributed by atoms with Crippen molar-refractivity contribution in [1.82, 2.24) is 15.2 Å². The van der Waals surface area contributed by atoms with Crippen molar-refractivity contribution in [3.63, 3.8) is 0 Å². The van der Waals surface area contributed by atoms with Crippen LogP contribution in [0.4, 0.5) is 0 Å². The summed E-state index contributed by atoms with van der Waals surface area (Å²) in [5, 5.41) is 18.3. The van der Waals surface area contributed by atoms with Crippen LogP contribution in [0.2, 0.25) is 0 Å². The Hall–Kier alpha value is -4.06. The number of hydrogen-bond donors (Lipinski definition) is 3. The van der Waals surface area contributed by atoms with Crippen LogP contribution in [0, 0.1) is 0 Å². The van der Waals surface area contributed by atoms with E-state index in [9.17, 15) is 19.2 Å². The van der Waals surface area contributed by atoms with Gasteiger partial charge in [-0.2, -0.15) is 0 Å². The van der Waals surface area contributed by atoms with Gasteiger partial charge in [0.05, 0.1) is 7.11 Å². The first-order valence-corrected chi connectivity index (χ1v) is 11.8. The number of nitrogens with zero attached hydrogens (tertiary/aromatic N) is 2. The molecule has 1 aromatic heterocycles. The Kier molecular flexibility index (Phi) is 11.8. The van der Waals surface area contributed by atoms with E-state index in [1.165, 1.54) is 0 Å². The molecule has 1 atom stereocenters. The highest BCUT2D eigenvalue weighted by atomic mass is 32.2. The van der Waals surface area contributed by atoms with Crippen LogP contribution in [0.1, 0.15) is 12.0 Å². The van der Waals surface area contributed by atoms with Crippen LogP contribution in [0.3, 0.4) is 0 Å². The van der Waals surface area contributed by atoms with E-state index in [1.54, 1.807) is 42.2 Å². The largest absolute Gasteiger partial charge is 0.493 e. The fourth-order valence-electron chi connectivity index (χ4n) is 2.99. The number of carboxylic acids is 2. The number of aliphatic carboxylic acids is 2. The minimum Gasteiger partial charge on any atom is -0.493 e. The highest BCUT2D eigenvalue weighted by Crippen LogP contribution is 2.29. The zero-order valence-electron chi connectivity index (χ0n) is 19.5. The highest BCUT2D eigenvalue weighted by Gasteiger charge is 2.31. The number of carbonyl (C=O) groups excluding carboxylic acids is 2. The third-order valence-corrected chi connectivity index (χ3v) is 5.85. The second-order valence-corrected chi connectivity index (χ2v) is 8.48. The number of thioether (sulfide) groups is 1. The van der Waals surface area contributed by atoms with Gasteiger partial charge in [0.15, 0.2) is 11.5 Å². The third kappa shape index (κ3) is 10.1. The molecule has 1 saturated heterocycles. The van der Waals surface area contributed by atoms with E-state index in [0.29, 0.717) is 43.3 Å². The van der Waals surface area contributed by atoms with Crippen LogP contribution in [-0.4, -0.2) is 75.2 Å². The predicted octanol–water partition coefficient (Wildman–Crippen LogP) is 1.79. The van der Waals surface area contributed by atoms with Gasteiger partial charge in [-0.1, -0.05) is 18.2 Å². The Labute approximate surface area is 212 Å². The molecular weight excluding hydrogens is 490 g/mol. The fourth-order valence-corrected chi connectivity index (χ4v) is 4.13. The highest BCUT2D eigenvalue weighted by molar-refractivity contribution is 8.00. The summed E-state index contributed by atoms with van der Waals surface area (Å²) in [4.78, 5) is 49.5. The maximum atomic E-state index is 12.6. The van der Waals surface area contributed by atoms with Crippen LogP contribution in [0.5, 0.6) is 11.5 Å². The Morgan fingerprint density at radius 2 is 1.81 bits per heavy atom. The molecule has 1 aromatic carbocycles. The van der Waals surface area contributed by atoms with Crippen molar-refractivity contribution in [2.24, 2.45) is 0 Å². The second-order valence-electron chi connectivity index (χ2n) is 7.20. The lowest BCUT2D eigenvalue weighted by molar-refractivity contribution is -0.136. The van der Waals surface area contributed by atoms with E-state index in [0.717, 1.165) is 11.3 Å². The molecular formula is C24H27N3O8S. The summed E-state index contributed by atoms with van der Waals surface area (Å²) in [5.74, 6) is -0.891. The molecule has 2 aromatic rings. The molecule has 0 bridgehead atoms. The maximum absolute atomic E-state index is 12.6. The van der Waals surface area contributed by atoms with Crippen molar-refractivity contribution in [3.8, 4) is 11.5 Å². The molecule has 36 heavy (non-hydrogen) atoms. The number of pyridine rings is 1. The average molecular weight is 518 g/mol. The lowest BCUT2D eigenvalue weighted by atomic mass is 10.2. The van der Waals surface area contributed by atoms with Crippen molar-refractivity contribution >= 4 is 35.5 Å². The number of rotatable bonds is 10. The number of carbonyl (C=O) groups is 4. The normalized spacial score (nSPS) is 14.5. The Morgan fingerprint density at radius 1 is 1.11 bits per heavy atom. The first-order valence-electron chi connectivity index (χ1n) is 10.8. The molecule has 1 aliphatic heterocycles. The third-order valence-electron chi connectivity index (χ3n) is 4.65. The van der Waals surface area contributed by atoms with Gasteiger partial charge in [-0.05, 0) is 23.8 Å². The van der Waals surface area contributed by atoms with Crippen LogP contribution < -0.4 is 14.8 Å². The molecule has 2 amide bonds. The van der Waals surface area contributed by atoms with E-state index >= 15 is 0 Å². The molecule has 0 saturated carbocycles. The van der Waals surface area contributed by atoms with Gasteiger partial charge < -0.3 is 29.9 Å². The quantitative estimate of drug-likeness (QED) is 0.314. The molecule has 0 spiro atoms. The van der Waals surface area contributed by atoms with Gasteiger partial charge in [0.2, 0.25) is 11.8 Å². The van der Waals surface area contributed by atoms with Crippen LogP contribution in [0.15, 0.2) is 60.9 Å². The van der Waals surface area contributed by atoms with Gasteiger partial charge in [0.1, 0.15) is 18.4 Å². The average Bonchev–Trinajstić information content (AvgIpc) is 3.35. The smallest absolute Gasteiger partial charge is 0.328 e. The fraction of sp³-hybridized carbons (Fsp3) is 0.292. The lowest BCUT2D eigenvalue weighted by Crippen LogP contribution is -2.40. The Bertz CT molecular complexity index is 1050. The summed E-state index contributed by atoms with van der Waals surface area (Å²) in [5.41, 5.74) is 0.892. The lowest BCUT2D eigenvalue weighted by Gasteiger charge is -2.24. The molecule has 0 radical (unpaired) electrons. The SMILES string of the molecule is COc1ccccc1OCC1SCCN1C(=O)CC(=O)NCc1cccnc1.O=C(O)/C=C/C(=O)O. The van der Waals surface area contributed by atoms with Crippen molar-refractivity contribution in [3.05, 3.63) is 66.5 Å². The molecule has 192 valence electrons. The summed E-state index contributed by atoms with van der Waals surface area (Å²) in [6.45, 7) is 1.31. The number of ether oxygens (including phenoxy) is 2. The number of benzene rings is 1. The number of amides is 2. The number of nitrogens with one attached hydrogen (secondary N) is 1. The van der Waals surface area contributed by atoms with Crippen molar-refractivity contribution in [2.45, 2.75) is 18.3 Å². The monoisotopic (exact) mass is 517 g/mol. The van der Waals surface area contributed by atoms with E-state index in [2.05, 4.69) is 10.3 Å². The minimum absolute atomic E-state index is 0.122. The molecule has 0 aliphatic carbocycles. The molecule has 1 unspecified atom stereocenters. The standard InChI is InChI=1S/C20H23N3O4S.C4H4O4/c1-26-16-6-2-3-7-17(16)27-14-20-23(9-10-28-20)19(25)11-18(24)22-13-15-5-4-8-21-12-15;5-3(6)1-2-4(7)8/h2-8,12,20H,9-11,13-14H2,1H3,(H,22,24);1-2H,(H,5,6)(H,7,8)/b;2-1+. The molecule has 11 nitrogen and oxygen atoms in total. The van der Waals surface area contributed by atoms with E-state index in [1.807, 2.05) is 30.3 Å². The van der Waals surface area contributed by atoms with Gasteiger partial charge in [-0.3, -0.25) is 14.6 Å². The number of methoxy groups -OCH3 is 1. The Balaban J connectivity index is 0.000000493. The number of carboxylic acid groups (broad SMARTS) is 2. The van der Waals surface area contributed by atoms with Gasteiger partial charge in [0, 0.05) is 43.4 Å². The van der Waals surface area contributed by atoms with E-state index in [4.69, 9.17) is 19.7 Å². The topological polar surface area (TPSA) is 155 Å². The first-order chi connectivity index (χ1) is 17.3. The van der Waals surface area contributed by atoms with Crippen LogP contribution >= 0.6 is 11.8 Å². The summed E-state index contributed by atoms with van der Waals surface area (Å²) >= 11 is 1.65. The zero-order valence-corrected chi connectivity index (χ0v) is 20.3. The maximum Gasteiger partial charge on any atom is 0.328 e. The van der Waals surface area contributed by atoms with E-state index in [-0.39, 0.29) is 23.6 Å². The zero-order chi connectivity index (χ0) is 26.3. The molecule has 3 N–H and O–H groups in total. The van der Waals surface area contributed by atoms with Crippen molar-refractivity contribution in [2.75, 3.05) is 26.0 Å².